The lowest BCUT2D eigenvalue weighted by Gasteiger charge is -2.27. The van der Waals surface area contributed by atoms with Crippen LogP contribution in [0.1, 0.15) is 121 Å². The predicted octanol–water partition coefficient (Wildman–Crippen LogP) is 8.09. The molecule has 0 bridgehead atoms. The second-order valence-corrected chi connectivity index (χ2v) is 17.0. The first kappa shape index (κ1) is 44.1. The molecule has 7 N–H and O–H groups in total. The van der Waals surface area contributed by atoms with E-state index in [1.807, 2.05) is 42.5 Å². The normalized spacial score (nSPS) is 18.9. The van der Waals surface area contributed by atoms with Crippen LogP contribution in [0.4, 0.5) is 0 Å². The van der Waals surface area contributed by atoms with Gasteiger partial charge in [0.05, 0.1) is 24.9 Å². The number of nitrogens with two attached hydrogens (primary N) is 2. The minimum Gasteiger partial charge on any atom is -0.875 e. The first-order valence-electron chi connectivity index (χ1n) is 22.0. The highest BCUT2D eigenvalue weighted by Gasteiger charge is 2.27. The Morgan fingerprint density at radius 2 is 1.76 bits per heavy atom. The van der Waals surface area contributed by atoms with E-state index < -0.39 is 12.1 Å². The number of carbonyl (C=O) groups is 1. The summed E-state index contributed by atoms with van der Waals surface area (Å²) in [5, 5.41) is 45.6. The fraction of sp³-hybridized carbons (Fsp3) is 0.358. The lowest BCUT2D eigenvalue weighted by molar-refractivity contribution is -0.307. The number of fused-ring (bicyclic) bond motifs is 3. The van der Waals surface area contributed by atoms with Crippen LogP contribution in [0.5, 0.6) is 17.2 Å². The van der Waals surface area contributed by atoms with Gasteiger partial charge in [-0.05, 0) is 132 Å². The highest BCUT2D eigenvalue weighted by atomic mass is 16.5. The monoisotopic (exact) mass is 832 g/mol. The van der Waals surface area contributed by atoms with Gasteiger partial charge in [0.15, 0.2) is 17.3 Å². The number of phenolic OH excluding ortho intramolecular Hbond substituents is 2. The average Bonchev–Trinajstić information content (AvgIpc) is 3.66. The summed E-state index contributed by atoms with van der Waals surface area (Å²) in [6.07, 6.45) is 14.3. The van der Waals surface area contributed by atoms with Gasteiger partial charge < -0.3 is 36.6 Å². The minimum atomic E-state index is -0.697. The van der Waals surface area contributed by atoms with Crippen LogP contribution >= 0.6 is 0 Å². The number of ketones is 1. The largest absolute Gasteiger partial charge is 0.875 e. The number of aliphatic imine (C=N–C) groups is 1. The number of aliphatic hydroxyl groups is 1. The number of carbonyl (C=O) groups excluding carboxylic acids is 1. The SMILES string of the molecule is C[C@H](CCC/C=C/C(=O)CCc1ccc(O)c(OCCc2ccc(O)c([C@H]3CC([O-])=C4C=CN=C4CC#Cc4cc(C(N)N)ccc43)c2)c1)[C@@H]1CC[C@H](CO)c2ccccc2C1. The van der Waals surface area contributed by atoms with Gasteiger partial charge in [0.25, 0.3) is 0 Å². The third-order valence-electron chi connectivity index (χ3n) is 12.8. The number of ether oxygens (including phenoxy) is 1. The lowest BCUT2D eigenvalue weighted by atomic mass is 9.82. The zero-order valence-electron chi connectivity index (χ0n) is 35.6. The maximum Gasteiger partial charge on any atom is 0.161 e. The number of allylic oxidation sites excluding steroid dienone is 5. The Morgan fingerprint density at radius 1 is 0.952 bits per heavy atom. The number of phenols is 2. The van der Waals surface area contributed by atoms with E-state index in [-0.39, 0.29) is 48.6 Å². The molecule has 3 aliphatic rings. The van der Waals surface area contributed by atoms with Crippen molar-refractivity contribution >= 4 is 11.5 Å². The van der Waals surface area contributed by atoms with Gasteiger partial charge in [-0.25, -0.2) is 0 Å². The van der Waals surface area contributed by atoms with Crippen molar-refractivity contribution in [1.29, 1.82) is 0 Å². The first-order chi connectivity index (χ1) is 30.1. The van der Waals surface area contributed by atoms with Crippen LogP contribution in [-0.2, 0) is 24.1 Å². The van der Waals surface area contributed by atoms with Crippen molar-refractivity contribution in [1.82, 2.24) is 0 Å². The molecule has 1 aliphatic heterocycles. The summed E-state index contributed by atoms with van der Waals surface area (Å²) in [6.45, 7) is 2.78. The predicted molar refractivity (Wildman–Crippen MR) is 243 cm³/mol. The van der Waals surface area contributed by atoms with Gasteiger partial charge in [-0.15, -0.1) is 5.76 Å². The van der Waals surface area contributed by atoms with Gasteiger partial charge in [-0.2, -0.15) is 0 Å². The number of aliphatic hydroxyl groups excluding tert-OH is 1. The molecule has 4 aromatic rings. The molecule has 9 nitrogen and oxygen atoms in total. The van der Waals surface area contributed by atoms with Crippen LogP contribution in [0.25, 0.3) is 0 Å². The molecule has 4 atom stereocenters. The number of nitrogens with zero attached hydrogens (tertiary/aromatic N) is 1. The number of hydrogen-bond acceptors (Lipinski definition) is 9. The van der Waals surface area contributed by atoms with E-state index in [0.29, 0.717) is 71.2 Å². The van der Waals surface area contributed by atoms with E-state index in [9.17, 15) is 25.2 Å². The molecule has 0 saturated carbocycles. The van der Waals surface area contributed by atoms with E-state index in [1.54, 1.807) is 36.6 Å². The van der Waals surface area contributed by atoms with Gasteiger partial charge in [0.2, 0.25) is 0 Å². The maximum absolute atomic E-state index is 13.7. The quantitative estimate of drug-likeness (QED) is 0.0248. The molecule has 0 saturated heterocycles. The van der Waals surface area contributed by atoms with Crippen LogP contribution < -0.4 is 21.3 Å². The average molecular weight is 833 g/mol. The van der Waals surface area contributed by atoms with Crippen LogP contribution in [0.15, 0.2) is 120 Å². The summed E-state index contributed by atoms with van der Waals surface area (Å²) in [7, 11) is 0. The van der Waals surface area contributed by atoms with Gasteiger partial charge in [-0.1, -0.05) is 85.9 Å². The number of unbranched alkanes of at least 4 members (excludes halogenated alkanes) is 1. The van der Waals surface area contributed by atoms with E-state index in [1.165, 1.54) is 11.1 Å². The Hall–Kier alpha value is -5.92. The van der Waals surface area contributed by atoms with E-state index in [2.05, 4.69) is 48.0 Å². The second-order valence-electron chi connectivity index (χ2n) is 17.0. The summed E-state index contributed by atoms with van der Waals surface area (Å²) in [5.74, 6) is 7.67. The topological polar surface area (TPSA) is 174 Å². The van der Waals surface area contributed by atoms with Crippen LogP contribution in [0, 0.1) is 23.7 Å². The van der Waals surface area contributed by atoms with Crippen molar-refractivity contribution in [3.05, 3.63) is 159 Å². The van der Waals surface area contributed by atoms with Crippen LogP contribution in [-0.4, -0.2) is 40.0 Å². The van der Waals surface area contributed by atoms with Gasteiger partial charge >= 0.3 is 0 Å². The van der Waals surface area contributed by atoms with Crippen LogP contribution in [0.2, 0.25) is 0 Å². The molecule has 1 heterocycles. The highest BCUT2D eigenvalue weighted by molar-refractivity contribution is 6.06. The minimum absolute atomic E-state index is 0.0116. The van der Waals surface area contributed by atoms with E-state index >= 15 is 0 Å². The molecule has 0 amide bonds. The Kier molecular flexibility index (Phi) is 14.8. The molecule has 2 aliphatic carbocycles. The summed E-state index contributed by atoms with van der Waals surface area (Å²) in [5.41, 5.74) is 20.4. The number of benzene rings is 4. The molecule has 0 unspecified atom stereocenters. The zero-order valence-corrected chi connectivity index (χ0v) is 35.6. The van der Waals surface area contributed by atoms with Crippen molar-refractivity contribution in [2.75, 3.05) is 13.2 Å². The Balaban J connectivity index is 0.926. The Bertz CT molecular complexity index is 2430. The standard InChI is InChI=1S/C53H59N3O6/c1-34(37-17-18-41(33-57)43-12-6-5-9-38(43)30-37)8-3-2-4-11-42(58)20-14-35-16-23-50(60)52(29-35)62-27-25-36-15-22-49(59)47(28-36)46-32-51(61)45-24-26-56-48(45)13-7-10-39-31-40(53(54)55)19-21-44(39)46/h4-6,9,11-12,15-16,19,21-24,26,28-29,31,34,37,41,46,53,57,59-61H,2-3,8,13-14,17-18,20,25,27,30,32-33,54-55H2,1H3/p-1/b11-4+,51-45?/t34-,37-,41-,46+/m1/s1. The Morgan fingerprint density at radius 3 is 2.58 bits per heavy atom. The lowest BCUT2D eigenvalue weighted by Crippen LogP contribution is -2.21. The number of aryl methyl sites for hydroxylation is 1. The van der Waals surface area contributed by atoms with Crippen molar-refractivity contribution in [2.45, 2.75) is 95.6 Å². The molecule has 7 rings (SSSR count). The summed E-state index contributed by atoms with van der Waals surface area (Å²) >= 11 is 0. The van der Waals surface area contributed by atoms with Gasteiger partial charge in [0.1, 0.15) is 5.75 Å². The number of hydrogen-bond donors (Lipinski definition) is 5. The Labute approximate surface area is 365 Å². The van der Waals surface area contributed by atoms with Crippen molar-refractivity contribution in [2.24, 2.45) is 28.3 Å². The van der Waals surface area contributed by atoms with E-state index in [4.69, 9.17) is 16.2 Å². The number of rotatable bonds is 16. The van der Waals surface area contributed by atoms with Crippen molar-refractivity contribution in [3.8, 4) is 29.1 Å². The van der Waals surface area contributed by atoms with Gasteiger partial charge in [-0.3, -0.25) is 9.79 Å². The molecular formula is C53H58N3O6-. The van der Waals surface area contributed by atoms with E-state index in [0.717, 1.165) is 55.2 Å². The fourth-order valence-electron chi connectivity index (χ4n) is 9.12. The first-order valence-corrected chi connectivity index (χ1v) is 22.0. The molecule has 62 heavy (non-hydrogen) atoms. The molecule has 322 valence electrons. The van der Waals surface area contributed by atoms with Crippen LogP contribution in [0.3, 0.4) is 0 Å². The van der Waals surface area contributed by atoms with Gasteiger partial charge in [0, 0.05) is 48.6 Å². The smallest absolute Gasteiger partial charge is 0.161 e. The third-order valence-corrected chi connectivity index (χ3v) is 12.8. The zero-order chi connectivity index (χ0) is 43.6. The fourth-order valence-corrected chi connectivity index (χ4v) is 9.12. The summed E-state index contributed by atoms with van der Waals surface area (Å²) in [4.78, 5) is 17.2. The molecule has 4 aromatic carbocycles. The molecule has 0 spiro atoms. The summed E-state index contributed by atoms with van der Waals surface area (Å²) in [6, 6.07) is 24.7. The molecule has 0 fully saturated rings. The second kappa shape index (κ2) is 20.8. The van der Waals surface area contributed by atoms with Crippen molar-refractivity contribution in [3.63, 3.8) is 0 Å². The van der Waals surface area contributed by atoms with Crippen molar-refractivity contribution < 1.29 is 30.0 Å². The molecular weight excluding hydrogens is 775 g/mol. The number of aromatic hydroxyl groups is 2. The summed E-state index contributed by atoms with van der Waals surface area (Å²) < 4.78 is 6.07. The molecule has 9 heteroatoms. The highest BCUT2D eigenvalue weighted by Crippen LogP contribution is 2.40. The molecule has 0 radical (unpaired) electrons. The maximum atomic E-state index is 13.7. The third kappa shape index (κ3) is 10.9. The molecule has 0 aromatic heterocycles.